The van der Waals surface area contributed by atoms with Gasteiger partial charge in [0.2, 0.25) is 0 Å². The fourth-order valence-electron chi connectivity index (χ4n) is 2.81. The minimum absolute atomic E-state index is 0. The van der Waals surface area contributed by atoms with Crippen molar-refractivity contribution in [3.8, 4) is 0 Å². The van der Waals surface area contributed by atoms with Crippen molar-refractivity contribution in [3.63, 3.8) is 0 Å². The minimum Gasteiger partial charge on any atom is -0.307 e. The first-order valence-electron chi connectivity index (χ1n) is 7.19. The lowest BCUT2D eigenvalue weighted by atomic mass is 9.85. The van der Waals surface area contributed by atoms with Crippen LogP contribution in [0.25, 0.3) is 0 Å². The topological polar surface area (TPSA) is 3.24 Å². The Bertz CT molecular complexity index is 566. The van der Waals surface area contributed by atoms with Gasteiger partial charge in [-0.2, -0.15) is 0 Å². The maximum atomic E-state index is 2.31. The van der Waals surface area contributed by atoms with Crippen molar-refractivity contribution >= 4 is 24.2 Å². The van der Waals surface area contributed by atoms with Crippen LogP contribution in [0.1, 0.15) is 30.4 Å². The highest BCUT2D eigenvalue weighted by molar-refractivity contribution is 7.99. The molecule has 0 radical (unpaired) electrons. The first kappa shape index (κ1) is 16.4. The van der Waals surface area contributed by atoms with E-state index in [-0.39, 0.29) is 12.4 Å². The maximum Gasteiger partial charge on any atom is 0.0160 e. The zero-order chi connectivity index (χ0) is 14.1. The fraction of sp³-hybridized carbons (Fsp3) is 0.333. The standard InChI is InChI=1S/C18H21NS.ClH/c1-13(19(2)3)12-16-14-8-4-6-10-17(14)20-18-11-7-5-9-15(16)18;/h4-11,13,16H,12H2,1-3H3;1H. The molecule has 0 aromatic heterocycles. The quantitative estimate of drug-likeness (QED) is 0.779. The smallest absolute Gasteiger partial charge is 0.0160 e. The summed E-state index contributed by atoms with van der Waals surface area (Å²) in [4.78, 5) is 5.15. The van der Waals surface area contributed by atoms with Gasteiger partial charge >= 0.3 is 0 Å². The average Bonchev–Trinajstić information content (AvgIpc) is 2.46. The van der Waals surface area contributed by atoms with Gasteiger partial charge in [0.25, 0.3) is 0 Å². The number of nitrogens with zero attached hydrogens (tertiary/aromatic N) is 1. The van der Waals surface area contributed by atoms with Crippen LogP contribution in [0.3, 0.4) is 0 Å². The molecule has 3 heteroatoms. The molecule has 0 aliphatic carbocycles. The zero-order valence-electron chi connectivity index (χ0n) is 12.7. The van der Waals surface area contributed by atoms with Gasteiger partial charge in [-0.15, -0.1) is 12.4 Å². The first-order chi connectivity index (χ1) is 9.66. The van der Waals surface area contributed by atoms with Gasteiger partial charge < -0.3 is 4.90 Å². The molecule has 2 aromatic rings. The molecule has 0 N–H and O–H groups in total. The van der Waals surface area contributed by atoms with E-state index in [0.717, 1.165) is 0 Å². The monoisotopic (exact) mass is 319 g/mol. The van der Waals surface area contributed by atoms with Crippen LogP contribution in [0.4, 0.5) is 0 Å². The lowest BCUT2D eigenvalue weighted by Crippen LogP contribution is -2.27. The van der Waals surface area contributed by atoms with Crippen molar-refractivity contribution in [2.75, 3.05) is 14.1 Å². The Morgan fingerprint density at radius 3 is 1.90 bits per heavy atom. The lowest BCUT2D eigenvalue weighted by molar-refractivity contribution is 0.289. The molecule has 2 aromatic carbocycles. The summed E-state index contributed by atoms with van der Waals surface area (Å²) in [6.45, 7) is 2.31. The number of hydrogen-bond acceptors (Lipinski definition) is 2. The van der Waals surface area contributed by atoms with Gasteiger partial charge in [-0.1, -0.05) is 48.2 Å². The van der Waals surface area contributed by atoms with Gasteiger partial charge in [0, 0.05) is 21.8 Å². The number of halogens is 1. The van der Waals surface area contributed by atoms with Crippen molar-refractivity contribution in [2.45, 2.75) is 35.1 Å². The lowest BCUT2D eigenvalue weighted by Gasteiger charge is -2.31. The number of fused-ring (bicyclic) bond motifs is 2. The molecule has 0 spiro atoms. The molecule has 1 nitrogen and oxygen atoms in total. The van der Waals surface area contributed by atoms with Crippen LogP contribution >= 0.6 is 24.2 Å². The summed E-state index contributed by atoms with van der Waals surface area (Å²) >= 11 is 1.91. The summed E-state index contributed by atoms with van der Waals surface area (Å²) in [6.07, 6.45) is 1.17. The van der Waals surface area contributed by atoms with Crippen molar-refractivity contribution in [2.24, 2.45) is 0 Å². The van der Waals surface area contributed by atoms with Crippen LogP contribution in [-0.2, 0) is 0 Å². The Kier molecular flexibility index (Phi) is 5.37. The molecule has 1 atom stereocenters. The van der Waals surface area contributed by atoms with E-state index in [9.17, 15) is 0 Å². The molecule has 1 aliphatic heterocycles. The van der Waals surface area contributed by atoms with Gasteiger partial charge in [0.15, 0.2) is 0 Å². The molecule has 0 bridgehead atoms. The minimum atomic E-state index is 0. The molecule has 0 fully saturated rings. The van der Waals surface area contributed by atoms with Crippen molar-refractivity contribution in [1.82, 2.24) is 4.90 Å². The molecule has 1 aliphatic rings. The largest absolute Gasteiger partial charge is 0.307 e. The van der Waals surface area contributed by atoms with Crippen LogP contribution < -0.4 is 0 Å². The summed E-state index contributed by atoms with van der Waals surface area (Å²) in [5, 5.41) is 0. The second kappa shape index (κ2) is 6.87. The summed E-state index contributed by atoms with van der Waals surface area (Å²) in [7, 11) is 4.33. The SMILES string of the molecule is CC(CC1c2ccccc2Sc2ccccc21)N(C)C.Cl. The Morgan fingerprint density at radius 2 is 1.43 bits per heavy atom. The van der Waals surface area contributed by atoms with Gasteiger partial charge in [-0.25, -0.2) is 0 Å². The van der Waals surface area contributed by atoms with Gasteiger partial charge in [0.05, 0.1) is 0 Å². The van der Waals surface area contributed by atoms with Gasteiger partial charge in [0.1, 0.15) is 0 Å². The van der Waals surface area contributed by atoms with Gasteiger partial charge in [-0.05, 0) is 50.7 Å². The van der Waals surface area contributed by atoms with Gasteiger partial charge in [-0.3, -0.25) is 0 Å². The second-order valence-corrected chi connectivity index (χ2v) is 6.86. The molecule has 0 amide bonds. The van der Waals surface area contributed by atoms with E-state index >= 15 is 0 Å². The van der Waals surface area contributed by atoms with E-state index in [1.807, 2.05) is 11.8 Å². The third kappa shape index (κ3) is 3.28. The molecule has 0 saturated carbocycles. The maximum absolute atomic E-state index is 2.31. The number of hydrogen-bond donors (Lipinski definition) is 0. The Labute approximate surface area is 138 Å². The van der Waals surface area contributed by atoms with E-state index in [1.54, 1.807) is 0 Å². The van der Waals surface area contributed by atoms with E-state index < -0.39 is 0 Å². The summed E-state index contributed by atoms with van der Waals surface area (Å²) in [6, 6.07) is 18.3. The molecule has 0 saturated heterocycles. The van der Waals surface area contributed by atoms with E-state index in [0.29, 0.717) is 12.0 Å². The number of rotatable bonds is 3. The third-order valence-electron chi connectivity index (χ3n) is 4.27. The normalized spacial score (nSPS) is 15.0. The average molecular weight is 320 g/mol. The highest BCUT2D eigenvalue weighted by Crippen LogP contribution is 2.47. The molecule has 112 valence electrons. The fourth-order valence-corrected chi connectivity index (χ4v) is 4.00. The molecule has 1 heterocycles. The molecule has 21 heavy (non-hydrogen) atoms. The predicted molar refractivity (Wildman–Crippen MR) is 93.9 cm³/mol. The summed E-state index contributed by atoms with van der Waals surface area (Å²) in [5.74, 6) is 0.515. The van der Waals surface area contributed by atoms with Crippen molar-refractivity contribution < 1.29 is 0 Å². The number of benzene rings is 2. The first-order valence-corrected chi connectivity index (χ1v) is 8.00. The van der Waals surface area contributed by atoms with Crippen LogP contribution in [0.15, 0.2) is 58.3 Å². The second-order valence-electron chi connectivity index (χ2n) is 5.78. The summed E-state index contributed by atoms with van der Waals surface area (Å²) in [5.41, 5.74) is 2.98. The van der Waals surface area contributed by atoms with Crippen LogP contribution in [0.2, 0.25) is 0 Å². The zero-order valence-corrected chi connectivity index (χ0v) is 14.4. The Morgan fingerprint density at radius 1 is 0.952 bits per heavy atom. The molecule has 1 unspecified atom stereocenters. The highest BCUT2D eigenvalue weighted by Gasteiger charge is 2.27. The van der Waals surface area contributed by atoms with Crippen molar-refractivity contribution in [3.05, 3.63) is 59.7 Å². The van der Waals surface area contributed by atoms with E-state index in [4.69, 9.17) is 0 Å². The van der Waals surface area contributed by atoms with Crippen molar-refractivity contribution in [1.29, 1.82) is 0 Å². The predicted octanol–water partition coefficient (Wildman–Crippen LogP) is 5.05. The molecular weight excluding hydrogens is 298 g/mol. The van der Waals surface area contributed by atoms with Crippen LogP contribution in [0.5, 0.6) is 0 Å². The molecule has 3 rings (SSSR count). The van der Waals surface area contributed by atoms with Crippen LogP contribution in [-0.4, -0.2) is 25.0 Å². The van der Waals surface area contributed by atoms with E-state index in [2.05, 4.69) is 74.4 Å². The summed E-state index contributed by atoms with van der Waals surface area (Å²) < 4.78 is 0. The third-order valence-corrected chi connectivity index (χ3v) is 5.45. The molecular formula is C18H22ClNS. The Hall–Kier alpha value is -0.960. The Balaban J connectivity index is 0.00000161. The van der Waals surface area contributed by atoms with Crippen LogP contribution in [0, 0.1) is 0 Å². The van der Waals surface area contributed by atoms with E-state index in [1.165, 1.54) is 27.3 Å². The highest BCUT2D eigenvalue weighted by atomic mass is 35.5.